The van der Waals surface area contributed by atoms with Crippen LogP contribution in [0, 0.1) is 47.3 Å². The second-order valence-electron chi connectivity index (χ2n) is 19.3. The molecular formula is C44H58O13. The normalized spacial score (nSPS) is 54.4. The number of rotatable bonds is 5. The fourth-order valence-electron chi connectivity index (χ4n) is 13.0. The van der Waals surface area contributed by atoms with Crippen molar-refractivity contribution in [1.82, 2.24) is 0 Å². The molecule has 13 nitrogen and oxygen atoms in total. The highest BCUT2D eigenvalue weighted by Gasteiger charge is 2.91. The Labute approximate surface area is 333 Å². The molecule has 57 heavy (non-hydrogen) atoms. The molecule has 0 amide bonds. The van der Waals surface area contributed by atoms with E-state index in [9.17, 15) is 35.1 Å². The van der Waals surface area contributed by atoms with Crippen molar-refractivity contribution in [2.45, 2.75) is 144 Å². The number of hydrogen-bond donors (Lipinski definition) is 5. The van der Waals surface area contributed by atoms with Crippen molar-refractivity contribution < 1.29 is 63.5 Å². The van der Waals surface area contributed by atoms with Crippen molar-refractivity contribution in [3.8, 4) is 0 Å². The maximum absolute atomic E-state index is 13.7. The van der Waals surface area contributed by atoms with Crippen molar-refractivity contribution in [3.63, 3.8) is 0 Å². The Morgan fingerprint density at radius 1 is 0.965 bits per heavy atom. The predicted molar refractivity (Wildman–Crippen MR) is 200 cm³/mol. The van der Waals surface area contributed by atoms with Crippen molar-refractivity contribution >= 4 is 11.9 Å². The van der Waals surface area contributed by atoms with Gasteiger partial charge < -0.3 is 54.0 Å². The third-order valence-corrected chi connectivity index (χ3v) is 15.8. The van der Waals surface area contributed by atoms with E-state index in [0.29, 0.717) is 18.4 Å². The Balaban J connectivity index is 1.22. The smallest absolute Gasteiger partial charge is 0.331 e. The van der Waals surface area contributed by atoms with Crippen LogP contribution in [0.3, 0.4) is 0 Å². The molecule has 10 bridgehead atoms. The molecule has 0 radical (unpaired) electrons. The highest BCUT2D eigenvalue weighted by atomic mass is 16.9. The fourth-order valence-corrected chi connectivity index (χ4v) is 13.0. The lowest BCUT2D eigenvalue weighted by Gasteiger charge is -2.74. The quantitative estimate of drug-likeness (QED) is 0.216. The number of aliphatic hydroxyl groups is 5. The van der Waals surface area contributed by atoms with E-state index in [4.69, 9.17) is 28.4 Å². The molecular weight excluding hydrogens is 736 g/mol. The Morgan fingerprint density at radius 2 is 1.68 bits per heavy atom. The summed E-state index contributed by atoms with van der Waals surface area (Å²) in [6.07, 6.45) is 1.15. The van der Waals surface area contributed by atoms with Gasteiger partial charge in [-0.2, -0.15) is 0 Å². The first kappa shape index (κ1) is 39.7. The van der Waals surface area contributed by atoms with E-state index in [-0.39, 0.29) is 48.9 Å². The van der Waals surface area contributed by atoms with E-state index in [0.717, 1.165) is 0 Å². The Hall–Kier alpha value is -2.72. The van der Waals surface area contributed by atoms with Crippen LogP contribution in [0.25, 0.3) is 0 Å². The monoisotopic (exact) mass is 794 g/mol. The first-order chi connectivity index (χ1) is 26.9. The third kappa shape index (κ3) is 5.26. The lowest BCUT2D eigenvalue weighted by atomic mass is 9.49. The lowest BCUT2D eigenvalue weighted by molar-refractivity contribution is -0.595. The van der Waals surface area contributed by atoms with Crippen LogP contribution in [0.4, 0.5) is 0 Å². The summed E-state index contributed by atoms with van der Waals surface area (Å²) in [5.41, 5.74) is -8.82. The lowest BCUT2D eigenvalue weighted by Crippen LogP contribution is -2.89. The molecule has 1 spiro atoms. The van der Waals surface area contributed by atoms with Gasteiger partial charge in [-0.1, -0.05) is 77.1 Å². The fraction of sp³-hybridized carbons (Fsp3) is 0.727. The van der Waals surface area contributed by atoms with Gasteiger partial charge in [0.05, 0.1) is 17.8 Å². The zero-order valence-corrected chi connectivity index (χ0v) is 33.5. The number of fused-ring (bicyclic) bond motifs is 3. The number of benzene rings is 1. The summed E-state index contributed by atoms with van der Waals surface area (Å²) in [4.78, 5) is 26.7. The summed E-state index contributed by atoms with van der Waals surface area (Å²) in [7, 11) is 0. The van der Waals surface area contributed by atoms with Gasteiger partial charge in [0.25, 0.3) is 0 Å². The molecule has 4 saturated carbocycles. The van der Waals surface area contributed by atoms with Crippen molar-refractivity contribution in [3.05, 3.63) is 60.2 Å². The summed E-state index contributed by atoms with van der Waals surface area (Å²) >= 11 is 0. The minimum atomic E-state index is -2.21. The van der Waals surface area contributed by atoms with Crippen LogP contribution in [-0.2, 0) is 44.0 Å². The van der Waals surface area contributed by atoms with E-state index in [1.807, 2.05) is 45.9 Å². The number of carbonyl (C=O) groups excluding carboxylic acids is 2. The van der Waals surface area contributed by atoms with Crippen LogP contribution in [0.2, 0.25) is 0 Å². The Morgan fingerprint density at radius 3 is 2.39 bits per heavy atom. The van der Waals surface area contributed by atoms with Crippen LogP contribution < -0.4 is 0 Å². The number of hydrogen-bond acceptors (Lipinski definition) is 13. The molecule has 1 aromatic rings. The molecule has 10 rings (SSSR count). The number of esters is 2. The van der Waals surface area contributed by atoms with Gasteiger partial charge in [0.15, 0.2) is 0 Å². The second kappa shape index (κ2) is 13.1. The van der Waals surface area contributed by atoms with Crippen LogP contribution in [0.15, 0.2) is 54.6 Å². The molecule has 5 N–H and O–H groups in total. The molecule has 8 fully saturated rings. The summed E-state index contributed by atoms with van der Waals surface area (Å²) in [6, 6.07) is 9.04. The zero-order valence-electron chi connectivity index (χ0n) is 33.5. The summed E-state index contributed by atoms with van der Waals surface area (Å²) < 4.78 is 39.5. The zero-order chi connectivity index (χ0) is 40.7. The molecule has 0 aromatic heterocycles. The van der Waals surface area contributed by atoms with E-state index in [1.54, 1.807) is 31.2 Å². The number of ether oxygens (including phenoxy) is 6. The molecule has 1 aromatic carbocycles. The summed E-state index contributed by atoms with van der Waals surface area (Å²) in [5, 5.41) is 63.3. The Bertz CT molecular complexity index is 1830. The maximum atomic E-state index is 13.7. The predicted octanol–water partition coefficient (Wildman–Crippen LogP) is 3.04. The van der Waals surface area contributed by atoms with Gasteiger partial charge in [-0.25, -0.2) is 4.79 Å². The largest absolute Gasteiger partial charge is 0.458 e. The maximum Gasteiger partial charge on any atom is 0.331 e. The minimum Gasteiger partial charge on any atom is -0.458 e. The van der Waals surface area contributed by atoms with E-state index in [1.165, 1.54) is 12.2 Å². The average molecular weight is 795 g/mol. The molecule has 5 heterocycles. The van der Waals surface area contributed by atoms with Gasteiger partial charge in [0, 0.05) is 41.7 Å². The highest BCUT2D eigenvalue weighted by molar-refractivity contribution is 5.82. The number of carbonyl (C=O) groups is 2. The van der Waals surface area contributed by atoms with Crippen LogP contribution in [0.5, 0.6) is 0 Å². The second-order valence-corrected chi connectivity index (χ2v) is 19.3. The highest BCUT2D eigenvalue weighted by Crippen LogP contribution is 2.75. The number of allylic oxidation sites excluding steroid dienone is 2. The van der Waals surface area contributed by atoms with Gasteiger partial charge in [0.2, 0.25) is 0 Å². The van der Waals surface area contributed by atoms with Crippen molar-refractivity contribution in [2.75, 3.05) is 6.61 Å². The molecule has 4 aliphatic carbocycles. The van der Waals surface area contributed by atoms with Gasteiger partial charge in [-0.05, 0) is 62.4 Å². The van der Waals surface area contributed by atoms with Crippen molar-refractivity contribution in [1.29, 1.82) is 0 Å². The van der Waals surface area contributed by atoms with E-state index < -0.39 is 107 Å². The molecule has 13 heteroatoms. The first-order valence-electron chi connectivity index (χ1n) is 20.9. The number of aliphatic hydroxyl groups excluding tert-OH is 2. The van der Waals surface area contributed by atoms with Gasteiger partial charge >= 0.3 is 17.9 Å². The van der Waals surface area contributed by atoms with E-state index >= 15 is 0 Å². The molecule has 9 aliphatic rings. The SMILES string of the molecule is CC(C)CC(=O)O[C@@H]1/C=C\C=C\C(=O)O[C@H]2[C@@H](C)C[C@H]3[C@@]45O[C@@]6(c7ccccc7)O[C@H](C4C)[C@](O)([C@H](O6)[C@@H]5[C@@H]4O[C@]4(CO)[C@@H](O)[C@]23O)[C@](C)(O)C[C@H]2CC[C@H]1[C@H]2C. The molecule has 4 saturated heterocycles. The average Bonchev–Trinajstić information content (AvgIpc) is 3.72. The van der Waals surface area contributed by atoms with Crippen LogP contribution >= 0.6 is 0 Å². The van der Waals surface area contributed by atoms with Crippen molar-refractivity contribution in [2.24, 2.45) is 47.3 Å². The third-order valence-electron chi connectivity index (χ3n) is 15.8. The van der Waals surface area contributed by atoms with Gasteiger partial charge in [-0.15, -0.1) is 0 Å². The molecule has 19 atom stereocenters. The van der Waals surface area contributed by atoms with Crippen LogP contribution in [-0.4, -0.2) is 109 Å². The van der Waals surface area contributed by atoms with Gasteiger partial charge in [-0.3, -0.25) is 4.79 Å². The molecule has 1 unspecified atom stereocenters. The van der Waals surface area contributed by atoms with Crippen LogP contribution in [0.1, 0.15) is 79.2 Å². The molecule has 5 aliphatic heterocycles. The van der Waals surface area contributed by atoms with Gasteiger partial charge in [0.1, 0.15) is 53.4 Å². The minimum absolute atomic E-state index is 0.0620. The Kier molecular flexibility index (Phi) is 9.16. The first-order valence-corrected chi connectivity index (χ1v) is 20.9. The number of epoxide rings is 1. The molecule has 312 valence electrons. The van der Waals surface area contributed by atoms with E-state index in [2.05, 4.69) is 6.92 Å². The topological polar surface area (TPSA) is 194 Å². The summed E-state index contributed by atoms with van der Waals surface area (Å²) in [6.45, 7) is 10.6. The summed E-state index contributed by atoms with van der Waals surface area (Å²) in [5.74, 6) is -6.33. The standard InChI is InChI=1S/C44H58O13/c1-22(2)18-32(47)52-29-14-10-11-15-31(46)53-34-23(3)19-30-41(34,50)38(48)40(21-45)36(54-40)33-37-43(51,39(6,49)20-26-16-17-28(29)24(26)4)35-25(5)42(30,33)57-44(55-35,56-37)27-12-8-7-9-13-27/h7-15,22-26,28-30,33-38,45,48-51H,16-21H2,1-6H3/b14-10-,15-11+/t23-,24-,25?,26+,28-,29+,30+,33-,34-,35+,36-,37+,38+,39+,40-,41+,42-,43-,44-/m0/s1.